The van der Waals surface area contributed by atoms with Crippen molar-refractivity contribution in [2.24, 2.45) is 0 Å². The fourth-order valence-electron chi connectivity index (χ4n) is 1.05. The van der Waals surface area contributed by atoms with Crippen LogP contribution in [0.1, 0.15) is 0 Å². The van der Waals surface area contributed by atoms with Gasteiger partial charge in [0.05, 0.1) is 12.0 Å². The van der Waals surface area contributed by atoms with Gasteiger partial charge in [-0.1, -0.05) is 0 Å². The first-order valence-corrected chi connectivity index (χ1v) is 4.28. The van der Waals surface area contributed by atoms with Crippen LogP contribution in [0.5, 0.6) is 0 Å². The predicted molar refractivity (Wildman–Crippen MR) is 53.3 cm³/mol. The number of furan rings is 1. The lowest BCUT2D eigenvalue weighted by Crippen LogP contribution is -1.84. The van der Waals surface area contributed by atoms with Crippen molar-refractivity contribution in [1.29, 1.82) is 0 Å². The maximum atomic E-state index is 5.67. The Bertz CT molecular complexity index is 358. The van der Waals surface area contributed by atoms with Gasteiger partial charge in [0.1, 0.15) is 0 Å². The highest BCUT2D eigenvalue weighted by molar-refractivity contribution is 14.1. The average Bonchev–Trinajstić information content (AvgIpc) is 2.45. The Labute approximate surface area is 77.5 Å². The van der Waals surface area contributed by atoms with Gasteiger partial charge < -0.3 is 10.2 Å². The van der Waals surface area contributed by atoms with Crippen LogP contribution in [0.15, 0.2) is 28.9 Å². The number of nitrogen functional groups attached to an aromatic ring is 1. The van der Waals surface area contributed by atoms with Crippen molar-refractivity contribution in [3.8, 4) is 0 Å². The summed E-state index contributed by atoms with van der Waals surface area (Å²) in [6.45, 7) is 0. The molecule has 0 aliphatic heterocycles. The van der Waals surface area contributed by atoms with Gasteiger partial charge in [0, 0.05) is 8.96 Å². The summed E-state index contributed by atoms with van der Waals surface area (Å²) in [5, 5.41) is 1.09. The second-order valence-electron chi connectivity index (χ2n) is 2.30. The SMILES string of the molecule is Nc1ccc(I)c2ccoc12. The lowest BCUT2D eigenvalue weighted by atomic mass is 10.2. The number of nitrogens with two attached hydrogens (primary N) is 1. The van der Waals surface area contributed by atoms with Crippen LogP contribution in [0.3, 0.4) is 0 Å². The maximum absolute atomic E-state index is 5.67. The number of hydrogen-bond acceptors (Lipinski definition) is 2. The molecular formula is C8H6INO. The van der Waals surface area contributed by atoms with E-state index >= 15 is 0 Å². The van der Waals surface area contributed by atoms with Crippen LogP contribution in [0, 0.1) is 3.57 Å². The molecule has 0 radical (unpaired) electrons. The van der Waals surface area contributed by atoms with Gasteiger partial charge in [-0.25, -0.2) is 0 Å². The van der Waals surface area contributed by atoms with Crippen LogP contribution < -0.4 is 5.73 Å². The van der Waals surface area contributed by atoms with E-state index in [0.29, 0.717) is 5.69 Å². The van der Waals surface area contributed by atoms with E-state index in [0.717, 1.165) is 11.0 Å². The molecule has 0 aliphatic carbocycles. The molecule has 2 nitrogen and oxygen atoms in total. The van der Waals surface area contributed by atoms with E-state index in [4.69, 9.17) is 10.2 Å². The average molecular weight is 259 g/mol. The van der Waals surface area contributed by atoms with Gasteiger partial charge in [-0.05, 0) is 40.8 Å². The number of halogens is 1. The second-order valence-corrected chi connectivity index (χ2v) is 3.46. The zero-order chi connectivity index (χ0) is 7.84. The summed E-state index contributed by atoms with van der Waals surface area (Å²) in [6, 6.07) is 5.76. The minimum Gasteiger partial charge on any atom is -0.462 e. The molecule has 1 aromatic heterocycles. The monoisotopic (exact) mass is 259 g/mol. The largest absolute Gasteiger partial charge is 0.462 e. The van der Waals surface area contributed by atoms with Gasteiger partial charge in [0.2, 0.25) is 0 Å². The first-order valence-electron chi connectivity index (χ1n) is 3.20. The second kappa shape index (κ2) is 2.41. The number of anilines is 1. The molecule has 1 heterocycles. The van der Waals surface area contributed by atoms with Gasteiger partial charge in [-0.15, -0.1) is 0 Å². The number of benzene rings is 1. The quantitative estimate of drug-likeness (QED) is 0.583. The molecular weight excluding hydrogens is 253 g/mol. The lowest BCUT2D eigenvalue weighted by molar-refractivity contribution is 0.617. The number of rotatable bonds is 0. The Morgan fingerprint density at radius 1 is 1.27 bits per heavy atom. The Hall–Kier alpha value is -0.710. The van der Waals surface area contributed by atoms with Crippen molar-refractivity contribution in [3.05, 3.63) is 28.0 Å². The molecule has 1 aromatic carbocycles. The third kappa shape index (κ3) is 0.994. The highest BCUT2D eigenvalue weighted by Gasteiger charge is 2.03. The number of fused-ring (bicyclic) bond motifs is 1. The smallest absolute Gasteiger partial charge is 0.157 e. The minimum absolute atomic E-state index is 0.699. The van der Waals surface area contributed by atoms with Crippen molar-refractivity contribution in [2.75, 3.05) is 5.73 Å². The molecule has 2 rings (SSSR count). The summed E-state index contributed by atoms with van der Waals surface area (Å²) in [4.78, 5) is 0. The zero-order valence-corrected chi connectivity index (χ0v) is 7.83. The predicted octanol–water partition coefficient (Wildman–Crippen LogP) is 2.62. The fourth-order valence-corrected chi connectivity index (χ4v) is 1.65. The summed E-state index contributed by atoms with van der Waals surface area (Å²) >= 11 is 2.26. The molecule has 0 aliphatic rings. The standard InChI is InChI=1S/C8H6INO/c9-6-1-2-7(10)8-5(6)3-4-11-8/h1-4H,10H2. The van der Waals surface area contributed by atoms with E-state index < -0.39 is 0 Å². The number of hydrogen-bond donors (Lipinski definition) is 1. The van der Waals surface area contributed by atoms with Crippen LogP contribution in [0.2, 0.25) is 0 Å². The van der Waals surface area contributed by atoms with Crippen LogP contribution in [-0.4, -0.2) is 0 Å². The molecule has 0 unspecified atom stereocenters. The van der Waals surface area contributed by atoms with E-state index in [1.54, 1.807) is 6.26 Å². The molecule has 0 fully saturated rings. The third-order valence-electron chi connectivity index (χ3n) is 1.59. The summed E-state index contributed by atoms with van der Waals surface area (Å²) in [6.07, 6.45) is 1.66. The maximum Gasteiger partial charge on any atom is 0.157 e. The highest BCUT2D eigenvalue weighted by atomic mass is 127. The fraction of sp³-hybridized carbons (Fsp3) is 0. The summed E-state index contributed by atoms with van der Waals surface area (Å²) in [5.74, 6) is 0. The van der Waals surface area contributed by atoms with Gasteiger partial charge >= 0.3 is 0 Å². The van der Waals surface area contributed by atoms with Crippen molar-refractivity contribution < 1.29 is 4.42 Å². The van der Waals surface area contributed by atoms with E-state index in [1.807, 2.05) is 18.2 Å². The molecule has 0 bridgehead atoms. The van der Waals surface area contributed by atoms with Crippen molar-refractivity contribution in [1.82, 2.24) is 0 Å². The molecule has 3 heteroatoms. The first-order chi connectivity index (χ1) is 5.29. The molecule has 2 aromatic rings. The Morgan fingerprint density at radius 3 is 2.82 bits per heavy atom. The van der Waals surface area contributed by atoms with Crippen LogP contribution >= 0.6 is 22.6 Å². The Balaban J connectivity index is 2.96. The molecule has 56 valence electrons. The lowest BCUT2D eigenvalue weighted by Gasteiger charge is -1.95. The van der Waals surface area contributed by atoms with Gasteiger partial charge in [-0.2, -0.15) is 0 Å². The van der Waals surface area contributed by atoms with Gasteiger partial charge in [-0.3, -0.25) is 0 Å². The van der Waals surface area contributed by atoms with E-state index in [2.05, 4.69) is 22.6 Å². The molecule has 0 amide bonds. The third-order valence-corrected chi connectivity index (χ3v) is 2.53. The van der Waals surface area contributed by atoms with Gasteiger partial charge in [0.15, 0.2) is 5.58 Å². The summed E-state index contributed by atoms with van der Waals surface area (Å²) in [5.41, 5.74) is 7.16. The molecule has 0 saturated carbocycles. The van der Waals surface area contributed by atoms with E-state index in [-0.39, 0.29) is 0 Å². The van der Waals surface area contributed by atoms with Crippen molar-refractivity contribution >= 4 is 39.2 Å². The molecule has 11 heavy (non-hydrogen) atoms. The van der Waals surface area contributed by atoms with Crippen LogP contribution in [-0.2, 0) is 0 Å². The van der Waals surface area contributed by atoms with Crippen LogP contribution in [0.4, 0.5) is 5.69 Å². The summed E-state index contributed by atoms with van der Waals surface area (Å²) < 4.78 is 6.37. The molecule has 2 N–H and O–H groups in total. The summed E-state index contributed by atoms with van der Waals surface area (Å²) in [7, 11) is 0. The van der Waals surface area contributed by atoms with E-state index in [9.17, 15) is 0 Å². The van der Waals surface area contributed by atoms with Gasteiger partial charge in [0.25, 0.3) is 0 Å². The van der Waals surface area contributed by atoms with Crippen molar-refractivity contribution in [2.45, 2.75) is 0 Å². The van der Waals surface area contributed by atoms with E-state index in [1.165, 1.54) is 3.57 Å². The molecule has 0 saturated heterocycles. The normalized spacial score (nSPS) is 10.6. The highest BCUT2D eigenvalue weighted by Crippen LogP contribution is 2.26. The Kier molecular flexibility index (Phi) is 1.52. The van der Waals surface area contributed by atoms with Crippen LogP contribution in [0.25, 0.3) is 11.0 Å². The Morgan fingerprint density at radius 2 is 2.09 bits per heavy atom. The molecule has 0 atom stereocenters. The topological polar surface area (TPSA) is 39.2 Å². The molecule has 0 spiro atoms. The zero-order valence-electron chi connectivity index (χ0n) is 5.67. The first kappa shape index (κ1) is 6.97. The minimum atomic E-state index is 0.699. The van der Waals surface area contributed by atoms with Crippen molar-refractivity contribution in [3.63, 3.8) is 0 Å².